The number of carboxylic acids is 1. The topological polar surface area (TPSA) is 82.2 Å². The van der Waals surface area contributed by atoms with Gasteiger partial charge in [0.1, 0.15) is 6.04 Å². The molecule has 2 rings (SSSR count). The van der Waals surface area contributed by atoms with Crippen LogP contribution in [-0.2, 0) is 16.0 Å². The molecule has 0 bridgehead atoms. The van der Waals surface area contributed by atoms with Gasteiger partial charge in [0, 0.05) is 60.0 Å². The number of aromatic nitrogens is 1. The first-order chi connectivity index (χ1) is 8.58. The van der Waals surface area contributed by atoms with Crippen molar-refractivity contribution in [3.05, 3.63) is 36.0 Å². The first kappa shape index (κ1) is 15.8. The number of hydrogen-bond donors (Lipinski definition) is 3. The molecule has 1 unspecified atom stereocenters. The quantitative estimate of drug-likeness (QED) is 0.722. The molecule has 6 heteroatoms. The molecule has 95 valence electrons. The molecule has 0 saturated heterocycles. The average molecular weight is 269 g/mol. The van der Waals surface area contributed by atoms with E-state index >= 15 is 0 Å². The minimum Gasteiger partial charge on any atom is -0.480 e. The second-order valence-corrected chi connectivity index (χ2v) is 4.15. The SMILES string of the molecule is CC(=O)NC(Cc1c[nH]c2ccccc12)C(=O)O.[Na]. The summed E-state index contributed by atoms with van der Waals surface area (Å²) in [6.07, 6.45) is 2.04. The third kappa shape index (κ3) is 3.83. The number of para-hydroxylation sites is 1. The smallest absolute Gasteiger partial charge is 0.326 e. The number of fused-ring (bicyclic) bond motifs is 1. The largest absolute Gasteiger partial charge is 0.480 e. The number of carbonyl (C=O) groups excluding carboxylic acids is 1. The number of aromatic amines is 1. The summed E-state index contributed by atoms with van der Waals surface area (Å²) in [5, 5.41) is 12.5. The number of carbonyl (C=O) groups is 2. The van der Waals surface area contributed by atoms with E-state index in [1.807, 2.05) is 24.3 Å². The van der Waals surface area contributed by atoms with Gasteiger partial charge in [0.2, 0.25) is 5.91 Å². The molecule has 1 atom stereocenters. The van der Waals surface area contributed by atoms with Crippen molar-refractivity contribution in [3.8, 4) is 0 Å². The van der Waals surface area contributed by atoms with Gasteiger partial charge in [0.25, 0.3) is 0 Å². The van der Waals surface area contributed by atoms with E-state index in [1.54, 1.807) is 6.20 Å². The van der Waals surface area contributed by atoms with Crippen LogP contribution >= 0.6 is 0 Å². The van der Waals surface area contributed by atoms with Crippen molar-refractivity contribution in [2.45, 2.75) is 19.4 Å². The first-order valence-corrected chi connectivity index (χ1v) is 5.63. The normalized spacial score (nSPS) is 11.6. The molecular weight excluding hydrogens is 255 g/mol. The molecule has 1 aromatic carbocycles. The van der Waals surface area contributed by atoms with Crippen LogP contribution in [0.4, 0.5) is 0 Å². The van der Waals surface area contributed by atoms with Gasteiger partial charge in [-0.15, -0.1) is 0 Å². The minimum absolute atomic E-state index is 0. The molecule has 1 aromatic heterocycles. The Morgan fingerprint density at radius 2 is 2.05 bits per heavy atom. The van der Waals surface area contributed by atoms with Gasteiger partial charge in [0.15, 0.2) is 0 Å². The maximum Gasteiger partial charge on any atom is 0.326 e. The number of H-pyrrole nitrogens is 1. The molecule has 0 fully saturated rings. The number of aliphatic carboxylic acids is 1. The van der Waals surface area contributed by atoms with Gasteiger partial charge in [0.05, 0.1) is 0 Å². The van der Waals surface area contributed by atoms with Crippen LogP contribution in [0, 0.1) is 0 Å². The summed E-state index contributed by atoms with van der Waals surface area (Å²) >= 11 is 0. The predicted molar refractivity (Wildman–Crippen MR) is 73.0 cm³/mol. The van der Waals surface area contributed by atoms with Gasteiger partial charge in [-0.1, -0.05) is 18.2 Å². The number of carboxylic acid groups (broad SMARTS) is 1. The average Bonchev–Trinajstić information content (AvgIpc) is 2.71. The Bertz CT molecular complexity index is 594. The summed E-state index contributed by atoms with van der Waals surface area (Å²) in [6, 6.07) is 6.75. The van der Waals surface area contributed by atoms with Crippen molar-refractivity contribution in [1.82, 2.24) is 10.3 Å². The van der Waals surface area contributed by atoms with Crippen molar-refractivity contribution in [2.24, 2.45) is 0 Å². The van der Waals surface area contributed by atoms with E-state index in [4.69, 9.17) is 5.11 Å². The third-order valence-corrected chi connectivity index (χ3v) is 2.77. The summed E-state index contributed by atoms with van der Waals surface area (Å²) in [6.45, 7) is 1.31. The number of amides is 1. The number of rotatable bonds is 4. The number of hydrogen-bond acceptors (Lipinski definition) is 2. The van der Waals surface area contributed by atoms with Crippen LogP contribution in [-0.4, -0.2) is 57.6 Å². The first-order valence-electron chi connectivity index (χ1n) is 5.63. The van der Waals surface area contributed by atoms with E-state index < -0.39 is 12.0 Å². The molecule has 1 amide bonds. The molecule has 1 radical (unpaired) electrons. The number of benzene rings is 1. The molecule has 5 nitrogen and oxygen atoms in total. The van der Waals surface area contributed by atoms with E-state index in [1.165, 1.54) is 6.92 Å². The van der Waals surface area contributed by atoms with Crippen LogP contribution in [0.3, 0.4) is 0 Å². The Hall–Kier alpha value is -1.30. The molecule has 3 N–H and O–H groups in total. The summed E-state index contributed by atoms with van der Waals surface area (Å²) < 4.78 is 0. The predicted octanol–water partition coefficient (Wildman–Crippen LogP) is 0.919. The van der Waals surface area contributed by atoms with Gasteiger partial charge in [-0.2, -0.15) is 0 Å². The standard InChI is InChI=1S/C13H14N2O3.Na/c1-8(16)15-12(13(17)18)6-9-7-14-11-5-3-2-4-10(9)11;/h2-5,7,12,14H,6H2,1H3,(H,15,16)(H,17,18);. The van der Waals surface area contributed by atoms with Crippen LogP contribution in [0.1, 0.15) is 12.5 Å². The Kier molecular flexibility index (Phi) is 5.60. The second-order valence-electron chi connectivity index (χ2n) is 4.15. The van der Waals surface area contributed by atoms with Gasteiger partial charge < -0.3 is 15.4 Å². The van der Waals surface area contributed by atoms with E-state index in [0.29, 0.717) is 0 Å². The third-order valence-electron chi connectivity index (χ3n) is 2.77. The van der Waals surface area contributed by atoms with Crippen molar-refractivity contribution < 1.29 is 14.7 Å². The Morgan fingerprint density at radius 3 is 2.68 bits per heavy atom. The second kappa shape index (κ2) is 6.75. The van der Waals surface area contributed by atoms with Crippen LogP contribution in [0.2, 0.25) is 0 Å². The fourth-order valence-electron chi connectivity index (χ4n) is 1.97. The van der Waals surface area contributed by atoms with Crippen molar-refractivity contribution >= 4 is 52.3 Å². The van der Waals surface area contributed by atoms with Crippen LogP contribution < -0.4 is 5.32 Å². The molecule has 0 aliphatic rings. The Morgan fingerprint density at radius 1 is 1.37 bits per heavy atom. The maximum atomic E-state index is 11.1. The molecule has 0 aliphatic heterocycles. The van der Waals surface area contributed by atoms with Gasteiger partial charge >= 0.3 is 5.97 Å². The van der Waals surface area contributed by atoms with Gasteiger partial charge in [-0.25, -0.2) is 4.79 Å². The molecular formula is C13H14N2NaO3. The summed E-state index contributed by atoms with van der Waals surface area (Å²) in [5.41, 5.74) is 1.84. The monoisotopic (exact) mass is 269 g/mol. The van der Waals surface area contributed by atoms with E-state index in [9.17, 15) is 9.59 Å². The number of nitrogens with one attached hydrogen (secondary N) is 2. The fraction of sp³-hybridized carbons (Fsp3) is 0.231. The molecule has 19 heavy (non-hydrogen) atoms. The molecule has 0 saturated carbocycles. The van der Waals surface area contributed by atoms with Gasteiger partial charge in [-0.05, 0) is 11.6 Å². The van der Waals surface area contributed by atoms with Crippen LogP contribution in [0.25, 0.3) is 10.9 Å². The molecule has 1 heterocycles. The summed E-state index contributed by atoms with van der Waals surface area (Å²) in [7, 11) is 0. The summed E-state index contributed by atoms with van der Waals surface area (Å²) in [4.78, 5) is 25.1. The van der Waals surface area contributed by atoms with E-state index in [0.717, 1.165) is 16.5 Å². The van der Waals surface area contributed by atoms with Crippen molar-refractivity contribution in [1.29, 1.82) is 0 Å². The van der Waals surface area contributed by atoms with Crippen LogP contribution in [0.5, 0.6) is 0 Å². The zero-order valence-electron chi connectivity index (χ0n) is 10.9. The van der Waals surface area contributed by atoms with Crippen molar-refractivity contribution in [3.63, 3.8) is 0 Å². The zero-order valence-corrected chi connectivity index (χ0v) is 12.9. The maximum absolute atomic E-state index is 11.1. The van der Waals surface area contributed by atoms with Gasteiger partial charge in [-0.3, -0.25) is 4.79 Å². The zero-order chi connectivity index (χ0) is 13.1. The van der Waals surface area contributed by atoms with E-state index in [2.05, 4.69) is 10.3 Å². The van der Waals surface area contributed by atoms with E-state index in [-0.39, 0.29) is 41.9 Å². The van der Waals surface area contributed by atoms with Crippen LogP contribution in [0.15, 0.2) is 30.5 Å². The van der Waals surface area contributed by atoms with Crippen molar-refractivity contribution in [2.75, 3.05) is 0 Å². The molecule has 2 aromatic rings. The Balaban J connectivity index is 0.00000180. The summed E-state index contributed by atoms with van der Waals surface area (Å²) in [5.74, 6) is -1.38. The fourth-order valence-corrected chi connectivity index (χ4v) is 1.97. The molecule has 0 spiro atoms. The Labute approximate surface area is 132 Å². The molecule has 0 aliphatic carbocycles. The minimum atomic E-state index is -1.03.